The van der Waals surface area contributed by atoms with Crippen LogP contribution in [0, 0.1) is 5.82 Å². The van der Waals surface area contributed by atoms with Gasteiger partial charge in [0, 0.05) is 6.04 Å². The highest BCUT2D eigenvalue weighted by molar-refractivity contribution is 8.00. The summed E-state index contributed by atoms with van der Waals surface area (Å²) in [6.07, 6.45) is 1.99. The van der Waals surface area contributed by atoms with Crippen LogP contribution in [0.1, 0.15) is 23.7 Å². The van der Waals surface area contributed by atoms with Crippen LogP contribution in [0.2, 0.25) is 0 Å². The van der Waals surface area contributed by atoms with Crippen LogP contribution in [-0.4, -0.2) is 32.2 Å². The Labute approximate surface area is 153 Å². The predicted molar refractivity (Wildman–Crippen MR) is 95.3 cm³/mol. The van der Waals surface area contributed by atoms with E-state index in [1.807, 2.05) is 30.3 Å². The van der Waals surface area contributed by atoms with Crippen molar-refractivity contribution in [2.45, 2.75) is 29.3 Å². The molecule has 1 aliphatic rings. The van der Waals surface area contributed by atoms with Crippen LogP contribution in [0.5, 0.6) is 0 Å². The molecule has 1 fully saturated rings. The van der Waals surface area contributed by atoms with Gasteiger partial charge in [0.05, 0.1) is 5.69 Å². The molecule has 3 aromatic rings. The Morgan fingerprint density at radius 2 is 1.88 bits per heavy atom. The number of nitrogens with zero attached hydrogens (tertiary/aromatic N) is 4. The normalized spacial score (nSPS) is 14.8. The number of benzene rings is 2. The van der Waals surface area contributed by atoms with Crippen LogP contribution in [0.4, 0.5) is 4.39 Å². The molecule has 1 aromatic heterocycles. The summed E-state index contributed by atoms with van der Waals surface area (Å²) < 4.78 is 14.9. The summed E-state index contributed by atoms with van der Waals surface area (Å²) in [4.78, 5) is 12.7. The maximum Gasteiger partial charge on any atom is 0.238 e. The fourth-order valence-electron chi connectivity index (χ4n) is 2.50. The fourth-order valence-corrected chi connectivity index (χ4v) is 3.51. The van der Waals surface area contributed by atoms with Gasteiger partial charge in [0.1, 0.15) is 11.1 Å². The Morgan fingerprint density at radius 1 is 1.15 bits per heavy atom. The van der Waals surface area contributed by atoms with Crippen molar-refractivity contribution in [3.05, 3.63) is 66.0 Å². The van der Waals surface area contributed by atoms with Gasteiger partial charge in [-0.1, -0.05) is 42.1 Å². The number of tetrazole rings is 1. The second kappa shape index (κ2) is 7.25. The second-order valence-corrected chi connectivity index (χ2v) is 7.11. The molecule has 1 amide bonds. The monoisotopic (exact) mass is 369 g/mol. The quantitative estimate of drug-likeness (QED) is 0.677. The number of carbonyl (C=O) groups is 1. The Morgan fingerprint density at radius 3 is 2.58 bits per heavy atom. The van der Waals surface area contributed by atoms with Crippen LogP contribution in [-0.2, 0) is 4.79 Å². The number of rotatable bonds is 6. The molecule has 26 heavy (non-hydrogen) atoms. The molecule has 1 N–H and O–H groups in total. The standard InChI is InChI=1S/C18H16FN5OS/c19-13-8-6-12(7-9-13)16(17(25)20-14-10-11-14)26-18-21-22-23-24(18)15-4-2-1-3-5-15/h1-9,14,16H,10-11H2,(H,20,25). The van der Waals surface area contributed by atoms with Crippen LogP contribution in [0.3, 0.4) is 0 Å². The molecule has 1 saturated carbocycles. The average molecular weight is 369 g/mol. The van der Waals surface area contributed by atoms with Crippen LogP contribution in [0.15, 0.2) is 59.8 Å². The van der Waals surface area contributed by atoms with Crippen LogP contribution < -0.4 is 5.32 Å². The molecule has 132 valence electrons. The Bertz CT molecular complexity index is 895. The van der Waals surface area contributed by atoms with Gasteiger partial charge in [0.15, 0.2) is 0 Å². The SMILES string of the molecule is O=C(NC1CC1)C(Sc1nnnn1-c1ccccc1)c1ccc(F)cc1. The third-order valence-corrected chi connectivity index (χ3v) is 5.19. The van der Waals surface area contributed by atoms with E-state index in [-0.39, 0.29) is 17.8 Å². The van der Waals surface area contributed by atoms with Crippen molar-refractivity contribution in [1.29, 1.82) is 0 Å². The largest absolute Gasteiger partial charge is 0.352 e. The summed E-state index contributed by atoms with van der Waals surface area (Å²) in [5.74, 6) is -0.457. The van der Waals surface area contributed by atoms with Crippen molar-refractivity contribution in [1.82, 2.24) is 25.5 Å². The lowest BCUT2D eigenvalue weighted by Gasteiger charge is -2.16. The molecule has 1 heterocycles. The predicted octanol–water partition coefficient (Wildman–Crippen LogP) is 2.91. The second-order valence-electron chi connectivity index (χ2n) is 6.04. The molecule has 0 spiro atoms. The first-order chi connectivity index (χ1) is 12.7. The lowest BCUT2D eigenvalue weighted by Crippen LogP contribution is -2.30. The minimum absolute atomic E-state index is 0.119. The zero-order valence-corrected chi connectivity index (χ0v) is 14.6. The van der Waals surface area contributed by atoms with Gasteiger partial charge in [-0.3, -0.25) is 4.79 Å². The number of thioether (sulfide) groups is 1. The summed E-state index contributed by atoms with van der Waals surface area (Å²) in [7, 11) is 0. The van der Waals surface area contributed by atoms with Crippen LogP contribution in [0.25, 0.3) is 5.69 Å². The summed E-state index contributed by atoms with van der Waals surface area (Å²) >= 11 is 1.25. The summed E-state index contributed by atoms with van der Waals surface area (Å²) in [5.41, 5.74) is 1.51. The molecule has 4 rings (SSSR count). The maximum absolute atomic E-state index is 13.3. The Balaban J connectivity index is 1.64. The maximum atomic E-state index is 13.3. The smallest absolute Gasteiger partial charge is 0.238 e. The van der Waals surface area contributed by atoms with Crippen molar-refractivity contribution in [2.24, 2.45) is 0 Å². The first-order valence-electron chi connectivity index (χ1n) is 8.27. The van der Waals surface area contributed by atoms with E-state index >= 15 is 0 Å². The van der Waals surface area contributed by atoms with Gasteiger partial charge in [-0.25, -0.2) is 4.39 Å². The van der Waals surface area contributed by atoms with E-state index in [1.165, 1.54) is 23.9 Å². The highest BCUT2D eigenvalue weighted by Crippen LogP contribution is 2.36. The summed E-state index contributed by atoms with van der Waals surface area (Å²) in [6, 6.07) is 15.6. The van der Waals surface area contributed by atoms with Gasteiger partial charge in [-0.2, -0.15) is 4.68 Å². The first kappa shape index (κ1) is 16.7. The van der Waals surface area contributed by atoms with E-state index in [0.717, 1.165) is 18.5 Å². The van der Waals surface area contributed by atoms with Gasteiger partial charge in [0.2, 0.25) is 11.1 Å². The molecule has 2 aromatic carbocycles. The number of nitrogens with one attached hydrogen (secondary N) is 1. The molecule has 8 heteroatoms. The third-order valence-electron chi connectivity index (χ3n) is 4.00. The van der Waals surface area contributed by atoms with E-state index < -0.39 is 5.25 Å². The topological polar surface area (TPSA) is 72.7 Å². The van der Waals surface area contributed by atoms with Crippen molar-refractivity contribution < 1.29 is 9.18 Å². The van der Waals surface area contributed by atoms with E-state index in [1.54, 1.807) is 16.8 Å². The molecule has 0 saturated heterocycles. The van der Waals surface area contributed by atoms with E-state index in [9.17, 15) is 9.18 Å². The number of hydrogen-bond donors (Lipinski definition) is 1. The van der Waals surface area contributed by atoms with Gasteiger partial charge in [-0.05, 0) is 53.1 Å². The molecule has 0 bridgehead atoms. The fraction of sp³-hybridized carbons (Fsp3) is 0.222. The van der Waals surface area contributed by atoms with E-state index in [0.29, 0.717) is 10.7 Å². The first-order valence-corrected chi connectivity index (χ1v) is 9.15. The third kappa shape index (κ3) is 3.75. The number of amides is 1. The lowest BCUT2D eigenvalue weighted by atomic mass is 10.1. The number of halogens is 1. The van der Waals surface area contributed by atoms with E-state index in [2.05, 4.69) is 20.8 Å². The summed E-state index contributed by atoms with van der Waals surface area (Å²) in [5, 5.41) is 14.8. The van der Waals surface area contributed by atoms with Gasteiger partial charge < -0.3 is 5.32 Å². The lowest BCUT2D eigenvalue weighted by molar-refractivity contribution is -0.120. The Kier molecular flexibility index (Phi) is 4.66. The molecular weight excluding hydrogens is 353 g/mol. The highest BCUT2D eigenvalue weighted by atomic mass is 32.2. The zero-order valence-electron chi connectivity index (χ0n) is 13.7. The van der Waals surface area contributed by atoms with Gasteiger partial charge in [0.25, 0.3) is 0 Å². The van der Waals surface area contributed by atoms with Crippen molar-refractivity contribution in [3.63, 3.8) is 0 Å². The molecular formula is C18H16FN5OS. The molecule has 6 nitrogen and oxygen atoms in total. The number of aromatic nitrogens is 4. The number of hydrogen-bond acceptors (Lipinski definition) is 5. The van der Waals surface area contributed by atoms with Crippen molar-refractivity contribution >= 4 is 17.7 Å². The van der Waals surface area contributed by atoms with Crippen LogP contribution >= 0.6 is 11.8 Å². The number of para-hydroxylation sites is 1. The average Bonchev–Trinajstić information content (AvgIpc) is 3.35. The molecule has 1 unspecified atom stereocenters. The van der Waals surface area contributed by atoms with Gasteiger partial charge >= 0.3 is 0 Å². The molecule has 1 aliphatic carbocycles. The van der Waals surface area contributed by atoms with Crippen molar-refractivity contribution in [2.75, 3.05) is 0 Å². The minimum atomic E-state index is -0.565. The Hall–Kier alpha value is -2.74. The molecule has 0 aliphatic heterocycles. The van der Waals surface area contributed by atoms with Crippen molar-refractivity contribution in [3.8, 4) is 5.69 Å². The molecule has 1 atom stereocenters. The molecule has 0 radical (unpaired) electrons. The number of carbonyl (C=O) groups excluding carboxylic acids is 1. The summed E-state index contributed by atoms with van der Waals surface area (Å²) in [6.45, 7) is 0. The van der Waals surface area contributed by atoms with Gasteiger partial charge in [-0.15, -0.1) is 5.10 Å². The van der Waals surface area contributed by atoms with E-state index in [4.69, 9.17) is 0 Å². The minimum Gasteiger partial charge on any atom is -0.352 e. The highest BCUT2D eigenvalue weighted by Gasteiger charge is 2.30. The zero-order chi connectivity index (χ0) is 17.9.